The number of aromatic hydroxyl groups is 3. The summed E-state index contributed by atoms with van der Waals surface area (Å²) in [4.78, 5) is 0. The summed E-state index contributed by atoms with van der Waals surface area (Å²) in [6, 6.07) is 7.12. The predicted octanol–water partition coefficient (Wildman–Crippen LogP) is 6.11. The zero-order valence-electron chi connectivity index (χ0n) is 18.1. The Morgan fingerprint density at radius 2 is 1.19 bits per heavy atom. The zero-order chi connectivity index (χ0) is 21.2. The predicted molar refractivity (Wildman–Crippen MR) is 115 cm³/mol. The Bertz CT molecular complexity index is 778. The summed E-state index contributed by atoms with van der Waals surface area (Å²) in [7, 11) is -1.83. The smallest absolute Gasteiger partial charge is 0.250 e. The van der Waals surface area contributed by atoms with E-state index in [9.17, 15) is 10.2 Å². The van der Waals surface area contributed by atoms with E-state index < -0.39 is 8.32 Å². The first-order valence-corrected chi connectivity index (χ1v) is 12.1. The maximum absolute atomic E-state index is 9.92. The van der Waals surface area contributed by atoms with Crippen LogP contribution in [0.5, 0.6) is 23.0 Å². The van der Waals surface area contributed by atoms with Gasteiger partial charge in [0, 0.05) is 11.1 Å². The second-order valence-corrected chi connectivity index (χ2v) is 13.3. The van der Waals surface area contributed by atoms with Crippen LogP contribution in [0.1, 0.15) is 43.0 Å². The van der Waals surface area contributed by atoms with E-state index in [4.69, 9.17) is 9.53 Å². The second kappa shape index (κ2) is 8.25. The lowest BCUT2D eigenvalue weighted by Crippen LogP contribution is -2.44. The number of rotatable bonds is 2. The summed E-state index contributed by atoms with van der Waals surface area (Å²) in [6.45, 7) is 18.3. The van der Waals surface area contributed by atoms with Gasteiger partial charge in [-0.25, -0.2) is 0 Å². The summed E-state index contributed by atoms with van der Waals surface area (Å²) in [6.07, 6.45) is 0. The molecule has 0 saturated carbocycles. The van der Waals surface area contributed by atoms with Gasteiger partial charge in [0.2, 0.25) is 8.32 Å². The Balaban J connectivity index is 0.000000309. The van der Waals surface area contributed by atoms with Crippen LogP contribution in [0.4, 0.5) is 0 Å². The van der Waals surface area contributed by atoms with E-state index in [2.05, 4.69) is 33.9 Å². The molecule has 2 aromatic rings. The summed E-state index contributed by atoms with van der Waals surface area (Å²) in [5, 5.41) is 28.4. The van der Waals surface area contributed by atoms with Gasteiger partial charge in [-0.1, -0.05) is 32.9 Å². The Hall–Kier alpha value is -2.14. The molecule has 0 amide bonds. The van der Waals surface area contributed by atoms with Gasteiger partial charge in [-0.15, -0.1) is 0 Å². The van der Waals surface area contributed by atoms with E-state index in [1.807, 2.05) is 26.0 Å². The minimum absolute atomic E-state index is 0.142. The molecule has 2 aromatic carbocycles. The molecule has 0 aliphatic rings. The molecular weight excluding hydrogens is 356 g/mol. The molecule has 150 valence electrons. The highest BCUT2D eigenvalue weighted by atomic mass is 28.4. The number of benzene rings is 2. The lowest BCUT2D eigenvalue weighted by atomic mass is 10.1. The fourth-order valence-electron chi connectivity index (χ4n) is 2.18. The Labute approximate surface area is 164 Å². The first kappa shape index (κ1) is 22.9. The highest BCUT2D eigenvalue weighted by Crippen LogP contribution is 2.39. The molecule has 0 aliphatic carbocycles. The van der Waals surface area contributed by atoms with Crippen LogP contribution in [0.3, 0.4) is 0 Å². The quantitative estimate of drug-likeness (QED) is 0.541. The molecule has 0 radical (unpaired) electrons. The van der Waals surface area contributed by atoms with E-state index in [-0.39, 0.29) is 16.5 Å². The third-order valence-electron chi connectivity index (χ3n) is 5.36. The summed E-state index contributed by atoms with van der Waals surface area (Å²) in [5.41, 5.74) is 3.07. The van der Waals surface area contributed by atoms with Crippen LogP contribution in [-0.2, 0) is 0 Å². The van der Waals surface area contributed by atoms with Crippen LogP contribution in [0.2, 0.25) is 18.1 Å². The van der Waals surface area contributed by atoms with Crippen LogP contribution < -0.4 is 4.43 Å². The number of aryl methyl sites for hydroxylation is 2. The summed E-state index contributed by atoms with van der Waals surface area (Å²) >= 11 is 0. The molecule has 0 heterocycles. The van der Waals surface area contributed by atoms with Gasteiger partial charge in [0.05, 0.1) is 0 Å². The largest absolute Gasteiger partial charge is 0.543 e. The minimum atomic E-state index is -1.83. The van der Waals surface area contributed by atoms with Gasteiger partial charge in [-0.05, 0) is 69.1 Å². The fourth-order valence-corrected chi connectivity index (χ4v) is 3.26. The molecule has 0 atom stereocenters. The van der Waals surface area contributed by atoms with Crippen LogP contribution >= 0.6 is 0 Å². The van der Waals surface area contributed by atoms with Crippen LogP contribution in [0, 0.1) is 27.7 Å². The van der Waals surface area contributed by atoms with E-state index in [1.54, 1.807) is 26.0 Å². The van der Waals surface area contributed by atoms with Crippen LogP contribution in [0.15, 0.2) is 24.3 Å². The zero-order valence-corrected chi connectivity index (χ0v) is 19.1. The van der Waals surface area contributed by atoms with Crippen molar-refractivity contribution in [3.05, 3.63) is 46.5 Å². The Kier molecular flexibility index (Phi) is 7.00. The molecule has 0 fully saturated rings. The highest BCUT2D eigenvalue weighted by Gasteiger charge is 2.39. The lowest BCUT2D eigenvalue weighted by molar-refractivity contribution is 0.440. The Morgan fingerprint density at radius 3 is 1.63 bits per heavy atom. The third-order valence-corrected chi connectivity index (χ3v) is 9.70. The SMILES string of the molecule is Cc1ccc(O)c(C)c1O.Cc1ccc(O[Si](C)(C)C(C)(C)C)c(C)c1O. The molecule has 2 rings (SSSR count). The molecule has 0 bridgehead atoms. The second-order valence-electron chi connectivity index (χ2n) is 8.59. The summed E-state index contributed by atoms with van der Waals surface area (Å²) < 4.78 is 6.21. The third kappa shape index (κ3) is 5.42. The fraction of sp³-hybridized carbons (Fsp3) is 0.455. The number of hydrogen-bond donors (Lipinski definition) is 3. The average molecular weight is 391 g/mol. The van der Waals surface area contributed by atoms with E-state index >= 15 is 0 Å². The molecule has 4 nitrogen and oxygen atoms in total. The molecule has 0 aromatic heterocycles. The summed E-state index contributed by atoms with van der Waals surface area (Å²) in [5.74, 6) is 1.49. The molecule has 0 spiro atoms. The van der Waals surface area contributed by atoms with Gasteiger partial charge >= 0.3 is 0 Å². The van der Waals surface area contributed by atoms with Gasteiger partial charge in [0.15, 0.2) is 0 Å². The monoisotopic (exact) mass is 390 g/mol. The van der Waals surface area contributed by atoms with E-state index in [0.29, 0.717) is 11.3 Å². The molecule has 0 aliphatic heterocycles. The van der Waals surface area contributed by atoms with E-state index in [1.165, 1.54) is 0 Å². The number of phenolic OH excluding ortho intramolecular Hbond substituents is 3. The average Bonchev–Trinajstić information content (AvgIpc) is 2.56. The molecule has 3 N–H and O–H groups in total. The van der Waals surface area contributed by atoms with Crippen molar-refractivity contribution in [1.29, 1.82) is 0 Å². The van der Waals surface area contributed by atoms with Crippen molar-refractivity contribution < 1.29 is 19.7 Å². The maximum atomic E-state index is 9.92. The first-order valence-electron chi connectivity index (χ1n) is 9.15. The normalized spacial score (nSPS) is 11.6. The van der Waals surface area contributed by atoms with Gasteiger partial charge in [-0.3, -0.25) is 0 Å². The topological polar surface area (TPSA) is 69.9 Å². The highest BCUT2D eigenvalue weighted by molar-refractivity contribution is 6.74. The van der Waals surface area contributed by atoms with Crippen LogP contribution in [-0.4, -0.2) is 23.6 Å². The van der Waals surface area contributed by atoms with Crippen molar-refractivity contribution in [3.8, 4) is 23.0 Å². The lowest BCUT2D eigenvalue weighted by Gasteiger charge is -2.37. The first-order chi connectivity index (χ1) is 12.2. The van der Waals surface area contributed by atoms with E-state index in [0.717, 1.165) is 22.4 Å². The van der Waals surface area contributed by atoms with Gasteiger partial charge in [-0.2, -0.15) is 0 Å². The van der Waals surface area contributed by atoms with Crippen molar-refractivity contribution in [2.24, 2.45) is 0 Å². The maximum Gasteiger partial charge on any atom is 0.250 e. The number of phenols is 3. The Morgan fingerprint density at radius 1 is 0.741 bits per heavy atom. The molecule has 5 heteroatoms. The molecular formula is C22H34O4Si. The van der Waals surface area contributed by atoms with Crippen molar-refractivity contribution in [1.82, 2.24) is 0 Å². The van der Waals surface area contributed by atoms with Crippen molar-refractivity contribution in [2.45, 2.75) is 66.6 Å². The van der Waals surface area contributed by atoms with Crippen molar-refractivity contribution in [3.63, 3.8) is 0 Å². The standard InChI is InChI=1S/C14H24O2Si.C8H10O2/c1-10-8-9-12(11(2)13(10)15)16-17(6,7)14(3,4)5;1-5-3-4-7(9)6(2)8(5)10/h8-9,15H,1-7H3;3-4,9-10H,1-2H3. The minimum Gasteiger partial charge on any atom is -0.543 e. The van der Waals surface area contributed by atoms with Gasteiger partial charge < -0.3 is 19.7 Å². The van der Waals surface area contributed by atoms with Crippen LogP contribution in [0.25, 0.3) is 0 Å². The van der Waals surface area contributed by atoms with Gasteiger partial charge in [0.25, 0.3) is 0 Å². The van der Waals surface area contributed by atoms with Gasteiger partial charge in [0.1, 0.15) is 23.0 Å². The number of hydrogen-bond acceptors (Lipinski definition) is 4. The molecule has 27 heavy (non-hydrogen) atoms. The molecule has 0 saturated heterocycles. The van der Waals surface area contributed by atoms with Crippen molar-refractivity contribution in [2.75, 3.05) is 0 Å². The van der Waals surface area contributed by atoms with Crippen molar-refractivity contribution >= 4 is 8.32 Å². The molecule has 0 unspecified atom stereocenters.